The Kier molecular flexibility index (Phi) is 2.83. The van der Waals surface area contributed by atoms with Gasteiger partial charge >= 0.3 is 0 Å². The molecule has 2 rings (SSSR count). The van der Waals surface area contributed by atoms with E-state index in [1.807, 2.05) is 30.3 Å². The maximum atomic E-state index is 11.0. The van der Waals surface area contributed by atoms with Crippen molar-refractivity contribution in [3.05, 3.63) is 47.4 Å². The Labute approximate surface area is 97.1 Å². The van der Waals surface area contributed by atoms with Crippen molar-refractivity contribution in [1.29, 1.82) is 0 Å². The van der Waals surface area contributed by atoms with Crippen molar-refractivity contribution in [3.63, 3.8) is 0 Å². The molecule has 0 spiro atoms. The van der Waals surface area contributed by atoms with Gasteiger partial charge in [-0.15, -0.1) is 0 Å². The van der Waals surface area contributed by atoms with Crippen molar-refractivity contribution in [3.8, 4) is 11.3 Å². The third kappa shape index (κ3) is 2.17. The monoisotopic (exact) mass is 233 g/mol. The fourth-order valence-electron chi connectivity index (χ4n) is 1.30. The highest BCUT2D eigenvalue weighted by molar-refractivity contribution is 6.28. The van der Waals surface area contributed by atoms with Gasteiger partial charge in [-0.05, 0) is 17.7 Å². The van der Waals surface area contributed by atoms with Crippen LogP contribution in [0.5, 0.6) is 0 Å². The number of hydrogen-bond donors (Lipinski definition) is 1. The van der Waals surface area contributed by atoms with Crippen LogP contribution in [0.15, 0.2) is 36.4 Å². The molecule has 4 nitrogen and oxygen atoms in total. The van der Waals surface area contributed by atoms with Crippen molar-refractivity contribution in [2.24, 2.45) is 5.73 Å². The summed E-state index contributed by atoms with van der Waals surface area (Å²) in [6.45, 7) is 0. The molecule has 0 aliphatic heterocycles. The number of rotatable bonds is 2. The zero-order valence-corrected chi connectivity index (χ0v) is 8.98. The molecule has 1 aromatic carbocycles. The topological polar surface area (TPSA) is 68.9 Å². The summed E-state index contributed by atoms with van der Waals surface area (Å²) in [5.74, 6) is -0.624. The molecule has 0 radical (unpaired) electrons. The van der Waals surface area contributed by atoms with Crippen molar-refractivity contribution < 1.29 is 4.79 Å². The van der Waals surface area contributed by atoms with E-state index >= 15 is 0 Å². The third-order valence-corrected chi connectivity index (χ3v) is 2.19. The summed E-state index contributed by atoms with van der Waals surface area (Å²) in [5, 5.41) is 0.00940. The van der Waals surface area contributed by atoms with E-state index in [4.69, 9.17) is 17.3 Å². The second-order valence-electron chi connectivity index (χ2n) is 3.14. The van der Waals surface area contributed by atoms with Gasteiger partial charge in [0.2, 0.25) is 5.28 Å². The fourth-order valence-corrected chi connectivity index (χ4v) is 1.48. The molecule has 0 aliphatic carbocycles. The molecular weight excluding hydrogens is 226 g/mol. The summed E-state index contributed by atoms with van der Waals surface area (Å²) in [6, 6.07) is 10.9. The average molecular weight is 234 g/mol. The Hall–Kier alpha value is -1.94. The van der Waals surface area contributed by atoms with Gasteiger partial charge in [-0.25, -0.2) is 9.97 Å². The molecule has 0 saturated heterocycles. The van der Waals surface area contributed by atoms with Gasteiger partial charge in [-0.3, -0.25) is 4.79 Å². The lowest BCUT2D eigenvalue weighted by atomic mass is 10.1. The van der Waals surface area contributed by atoms with E-state index in [1.165, 1.54) is 6.07 Å². The quantitative estimate of drug-likeness (QED) is 0.806. The smallest absolute Gasteiger partial charge is 0.267 e. The molecule has 0 saturated carbocycles. The first-order chi connectivity index (χ1) is 7.66. The Bertz CT molecular complexity index is 528. The summed E-state index contributed by atoms with van der Waals surface area (Å²) in [5.41, 5.74) is 6.69. The number of nitrogens with zero attached hydrogens (tertiary/aromatic N) is 2. The summed E-state index contributed by atoms with van der Waals surface area (Å²) >= 11 is 5.71. The minimum Gasteiger partial charge on any atom is -0.364 e. The van der Waals surface area contributed by atoms with E-state index in [-0.39, 0.29) is 11.0 Å². The molecule has 0 fully saturated rings. The molecule has 16 heavy (non-hydrogen) atoms. The minimum atomic E-state index is -0.624. The van der Waals surface area contributed by atoms with E-state index in [0.717, 1.165) is 5.56 Å². The van der Waals surface area contributed by atoms with Gasteiger partial charge in [-0.2, -0.15) is 0 Å². The predicted octanol–water partition coefficient (Wildman–Crippen LogP) is 1.90. The van der Waals surface area contributed by atoms with Crippen LogP contribution in [0.1, 0.15) is 10.5 Å². The molecular formula is C11H8ClN3O. The molecule has 80 valence electrons. The van der Waals surface area contributed by atoms with Crippen molar-refractivity contribution in [1.82, 2.24) is 9.97 Å². The zero-order valence-electron chi connectivity index (χ0n) is 8.22. The number of hydrogen-bond acceptors (Lipinski definition) is 3. The van der Waals surface area contributed by atoms with E-state index in [9.17, 15) is 4.79 Å². The lowest BCUT2D eigenvalue weighted by molar-refractivity contribution is 0.0995. The first kappa shape index (κ1) is 10.6. The van der Waals surface area contributed by atoms with Gasteiger partial charge in [0.1, 0.15) is 5.69 Å². The maximum Gasteiger partial charge on any atom is 0.267 e. The van der Waals surface area contributed by atoms with Gasteiger partial charge in [0.25, 0.3) is 5.91 Å². The molecule has 1 aromatic heterocycles. The Balaban J connectivity index is 2.54. The number of halogens is 1. The van der Waals surface area contributed by atoms with Crippen LogP contribution < -0.4 is 5.73 Å². The second-order valence-corrected chi connectivity index (χ2v) is 3.48. The van der Waals surface area contributed by atoms with E-state index in [0.29, 0.717) is 5.69 Å². The van der Waals surface area contributed by atoms with E-state index < -0.39 is 5.91 Å². The van der Waals surface area contributed by atoms with Gasteiger partial charge < -0.3 is 5.73 Å². The largest absolute Gasteiger partial charge is 0.364 e. The lowest BCUT2D eigenvalue weighted by Gasteiger charge is -2.02. The number of amides is 1. The molecule has 1 heterocycles. The summed E-state index contributed by atoms with van der Waals surface area (Å²) in [7, 11) is 0. The Morgan fingerprint density at radius 2 is 1.88 bits per heavy atom. The van der Waals surface area contributed by atoms with Crippen LogP contribution in [0.2, 0.25) is 5.28 Å². The Morgan fingerprint density at radius 3 is 2.50 bits per heavy atom. The third-order valence-electron chi connectivity index (χ3n) is 2.02. The van der Waals surface area contributed by atoms with Crippen LogP contribution in [0.25, 0.3) is 11.3 Å². The Morgan fingerprint density at radius 1 is 1.19 bits per heavy atom. The zero-order chi connectivity index (χ0) is 11.5. The summed E-state index contributed by atoms with van der Waals surface area (Å²) < 4.78 is 0. The molecule has 1 amide bonds. The molecule has 2 aromatic rings. The number of primary amides is 1. The van der Waals surface area contributed by atoms with Gasteiger partial charge in [-0.1, -0.05) is 30.3 Å². The van der Waals surface area contributed by atoms with E-state index in [2.05, 4.69) is 9.97 Å². The van der Waals surface area contributed by atoms with Gasteiger partial charge in [0.15, 0.2) is 0 Å². The fraction of sp³-hybridized carbons (Fsp3) is 0. The molecule has 2 N–H and O–H groups in total. The molecule has 5 heteroatoms. The first-order valence-corrected chi connectivity index (χ1v) is 4.94. The van der Waals surface area contributed by atoms with Crippen molar-refractivity contribution >= 4 is 17.5 Å². The molecule has 0 atom stereocenters. The maximum absolute atomic E-state index is 11.0. The van der Waals surface area contributed by atoms with Crippen LogP contribution >= 0.6 is 11.6 Å². The number of aromatic nitrogens is 2. The van der Waals surface area contributed by atoms with Crippen molar-refractivity contribution in [2.45, 2.75) is 0 Å². The molecule has 0 aliphatic rings. The second kappa shape index (κ2) is 4.28. The highest BCUT2D eigenvalue weighted by Crippen LogP contribution is 2.18. The first-order valence-electron chi connectivity index (χ1n) is 4.56. The number of nitrogens with two attached hydrogens (primary N) is 1. The van der Waals surface area contributed by atoms with Gasteiger partial charge in [0, 0.05) is 5.56 Å². The predicted molar refractivity (Wildman–Crippen MR) is 61.0 cm³/mol. The standard InChI is InChI=1S/C11H8ClN3O/c12-11-14-8(6-9(15-11)10(13)16)7-4-2-1-3-5-7/h1-6H,(H2,13,16). The highest BCUT2D eigenvalue weighted by atomic mass is 35.5. The molecule has 0 unspecified atom stereocenters. The normalized spacial score (nSPS) is 10.1. The minimum absolute atomic E-state index is 0.00940. The van der Waals surface area contributed by atoms with Crippen LogP contribution in [0, 0.1) is 0 Å². The molecule has 0 bridgehead atoms. The summed E-state index contributed by atoms with van der Waals surface area (Å²) in [4.78, 5) is 18.8. The van der Waals surface area contributed by atoms with Crippen LogP contribution in [-0.2, 0) is 0 Å². The van der Waals surface area contributed by atoms with Crippen LogP contribution in [0.4, 0.5) is 0 Å². The summed E-state index contributed by atoms with van der Waals surface area (Å²) in [6.07, 6.45) is 0. The van der Waals surface area contributed by atoms with Gasteiger partial charge in [0.05, 0.1) is 5.69 Å². The van der Waals surface area contributed by atoms with E-state index in [1.54, 1.807) is 0 Å². The number of benzene rings is 1. The highest BCUT2D eigenvalue weighted by Gasteiger charge is 2.08. The van der Waals surface area contributed by atoms with Crippen LogP contribution in [-0.4, -0.2) is 15.9 Å². The SMILES string of the molecule is NC(=O)c1cc(-c2ccccc2)nc(Cl)n1. The van der Waals surface area contributed by atoms with Crippen molar-refractivity contribution in [2.75, 3.05) is 0 Å². The van der Waals surface area contributed by atoms with Crippen LogP contribution in [0.3, 0.4) is 0 Å². The number of carbonyl (C=O) groups excluding carboxylic acids is 1. The number of carbonyl (C=O) groups is 1. The lowest BCUT2D eigenvalue weighted by Crippen LogP contribution is -2.13. The average Bonchev–Trinajstić information content (AvgIpc) is 2.29.